The van der Waals surface area contributed by atoms with Crippen LogP contribution in [0.25, 0.3) is 10.9 Å². The van der Waals surface area contributed by atoms with E-state index < -0.39 is 0 Å². The smallest absolute Gasteiger partial charge is 0.305 e. The molecule has 0 fully saturated rings. The first-order valence-corrected chi connectivity index (χ1v) is 10.6. The summed E-state index contributed by atoms with van der Waals surface area (Å²) < 4.78 is 16.4. The highest BCUT2D eigenvalue weighted by Gasteiger charge is 2.14. The zero-order valence-corrected chi connectivity index (χ0v) is 18.6. The standard InChI is InChI=1S/C25H27N3O4/c1-4-31-25(29)11-7-8-14-32-24-16-19(12-13-23(24)30-3)28(2)22-15-18(17-26)27-21-10-6-5-9-20(21)22/h5-6,9-10,12-13,15-16H,4,7-8,11,14H2,1-3H3. The highest BCUT2D eigenvalue weighted by atomic mass is 16.5. The second-order valence-electron chi connectivity index (χ2n) is 7.16. The number of carbonyl (C=O) groups is 1. The van der Waals surface area contributed by atoms with Crippen LogP contribution in [-0.4, -0.2) is 38.3 Å². The number of pyridine rings is 1. The Morgan fingerprint density at radius 3 is 2.69 bits per heavy atom. The van der Waals surface area contributed by atoms with E-state index in [0.717, 1.165) is 28.7 Å². The largest absolute Gasteiger partial charge is 0.493 e. The topological polar surface area (TPSA) is 84.7 Å². The van der Waals surface area contributed by atoms with Crippen LogP contribution in [0.15, 0.2) is 48.5 Å². The van der Waals surface area contributed by atoms with Crippen LogP contribution >= 0.6 is 0 Å². The number of carbonyl (C=O) groups excluding carboxylic acids is 1. The van der Waals surface area contributed by atoms with Gasteiger partial charge in [0, 0.05) is 30.6 Å². The van der Waals surface area contributed by atoms with E-state index in [9.17, 15) is 10.1 Å². The second kappa shape index (κ2) is 11.0. The number of hydrogen-bond acceptors (Lipinski definition) is 7. The number of nitriles is 1. The first kappa shape index (κ1) is 22.9. The van der Waals surface area contributed by atoms with E-state index >= 15 is 0 Å². The zero-order chi connectivity index (χ0) is 22.9. The monoisotopic (exact) mass is 433 g/mol. The fraction of sp³-hybridized carbons (Fsp3) is 0.320. The van der Waals surface area contributed by atoms with Crippen molar-refractivity contribution in [3.8, 4) is 17.6 Å². The normalized spacial score (nSPS) is 10.4. The fourth-order valence-corrected chi connectivity index (χ4v) is 3.40. The summed E-state index contributed by atoms with van der Waals surface area (Å²) in [5.41, 5.74) is 2.88. The minimum Gasteiger partial charge on any atom is -0.493 e. The first-order chi connectivity index (χ1) is 15.6. The molecule has 0 N–H and O–H groups in total. The summed E-state index contributed by atoms with van der Waals surface area (Å²) in [5, 5.41) is 10.3. The van der Waals surface area contributed by atoms with Gasteiger partial charge in [0.25, 0.3) is 0 Å². The number of para-hydroxylation sites is 1. The quantitative estimate of drug-likeness (QED) is 0.329. The van der Waals surface area contributed by atoms with Crippen LogP contribution in [-0.2, 0) is 9.53 Å². The van der Waals surface area contributed by atoms with Gasteiger partial charge in [-0.2, -0.15) is 5.26 Å². The minimum atomic E-state index is -0.185. The van der Waals surface area contributed by atoms with Crippen molar-refractivity contribution < 1.29 is 19.0 Å². The molecule has 0 unspecified atom stereocenters. The summed E-state index contributed by atoms with van der Waals surface area (Å²) in [4.78, 5) is 17.8. The average molecular weight is 434 g/mol. The van der Waals surface area contributed by atoms with Gasteiger partial charge >= 0.3 is 5.97 Å². The van der Waals surface area contributed by atoms with Crippen LogP contribution in [0.4, 0.5) is 11.4 Å². The molecule has 32 heavy (non-hydrogen) atoms. The molecule has 0 radical (unpaired) electrons. The number of anilines is 2. The van der Waals surface area contributed by atoms with Crippen LogP contribution in [0.3, 0.4) is 0 Å². The molecule has 7 nitrogen and oxygen atoms in total. The van der Waals surface area contributed by atoms with Crippen LogP contribution in [0.2, 0.25) is 0 Å². The van der Waals surface area contributed by atoms with Crippen molar-refractivity contribution in [2.45, 2.75) is 26.2 Å². The van der Waals surface area contributed by atoms with Gasteiger partial charge in [0.05, 0.1) is 31.5 Å². The van der Waals surface area contributed by atoms with E-state index in [1.807, 2.05) is 54.4 Å². The molecule has 7 heteroatoms. The Bertz CT molecular complexity index is 1120. The predicted molar refractivity (Wildman–Crippen MR) is 123 cm³/mol. The maximum atomic E-state index is 11.5. The summed E-state index contributed by atoms with van der Waals surface area (Å²) in [5.74, 6) is 1.06. The fourth-order valence-electron chi connectivity index (χ4n) is 3.40. The molecule has 3 aromatic rings. The third kappa shape index (κ3) is 5.46. The molecule has 0 amide bonds. The van der Waals surface area contributed by atoms with Crippen molar-refractivity contribution in [3.63, 3.8) is 0 Å². The number of hydrogen-bond donors (Lipinski definition) is 0. The number of benzene rings is 2. The Labute approximate surface area is 188 Å². The van der Waals surface area contributed by atoms with Gasteiger partial charge in [-0.15, -0.1) is 0 Å². The lowest BCUT2D eigenvalue weighted by molar-refractivity contribution is -0.143. The van der Waals surface area contributed by atoms with Gasteiger partial charge in [-0.05, 0) is 44.0 Å². The third-order valence-corrected chi connectivity index (χ3v) is 5.04. The summed E-state index contributed by atoms with van der Waals surface area (Å²) in [6, 6.07) is 17.4. The van der Waals surface area contributed by atoms with Crippen molar-refractivity contribution in [2.75, 3.05) is 32.3 Å². The number of nitrogens with zero attached hydrogens (tertiary/aromatic N) is 3. The van der Waals surface area contributed by atoms with Gasteiger partial charge in [-0.1, -0.05) is 18.2 Å². The molecule has 0 aliphatic heterocycles. The molecule has 166 valence electrons. The molecule has 1 heterocycles. The SMILES string of the molecule is CCOC(=O)CCCCOc1cc(N(C)c2cc(C#N)nc3ccccc23)ccc1OC. The molecule has 0 saturated heterocycles. The van der Waals surface area contributed by atoms with Gasteiger partial charge in [-0.3, -0.25) is 4.79 Å². The van der Waals surface area contributed by atoms with Crippen LogP contribution in [0.5, 0.6) is 11.5 Å². The van der Waals surface area contributed by atoms with E-state index in [1.54, 1.807) is 20.1 Å². The second-order valence-corrected chi connectivity index (χ2v) is 7.16. The summed E-state index contributed by atoms with van der Waals surface area (Å²) in [7, 11) is 3.54. The predicted octanol–water partition coefficient (Wildman–Crippen LogP) is 5.00. The molecule has 1 aromatic heterocycles. The van der Waals surface area contributed by atoms with Gasteiger partial charge in [0.15, 0.2) is 11.5 Å². The molecule has 0 aliphatic carbocycles. The summed E-state index contributed by atoms with van der Waals surface area (Å²) in [6.07, 6.45) is 1.80. The Balaban J connectivity index is 1.78. The molecular formula is C25H27N3O4. The van der Waals surface area contributed by atoms with Gasteiger partial charge in [0.1, 0.15) is 11.8 Å². The first-order valence-electron chi connectivity index (χ1n) is 10.6. The molecule has 3 rings (SSSR count). The van der Waals surface area contributed by atoms with Crippen molar-refractivity contribution in [3.05, 3.63) is 54.2 Å². The highest BCUT2D eigenvalue weighted by Crippen LogP contribution is 2.36. The van der Waals surface area contributed by atoms with Gasteiger partial charge in [0.2, 0.25) is 0 Å². The van der Waals surface area contributed by atoms with E-state index in [2.05, 4.69) is 11.1 Å². The number of ether oxygens (including phenoxy) is 3. The number of rotatable bonds is 10. The van der Waals surface area contributed by atoms with Crippen molar-refractivity contribution in [1.29, 1.82) is 5.26 Å². The Kier molecular flexibility index (Phi) is 7.87. The molecule has 0 saturated carbocycles. The van der Waals surface area contributed by atoms with Crippen LogP contribution in [0.1, 0.15) is 31.9 Å². The molecule has 0 aliphatic rings. The van der Waals surface area contributed by atoms with Crippen molar-refractivity contribution in [2.24, 2.45) is 0 Å². The number of fused-ring (bicyclic) bond motifs is 1. The maximum Gasteiger partial charge on any atom is 0.305 e. The highest BCUT2D eigenvalue weighted by molar-refractivity contribution is 5.94. The van der Waals surface area contributed by atoms with E-state index in [1.165, 1.54) is 0 Å². The molecule has 0 atom stereocenters. The third-order valence-electron chi connectivity index (χ3n) is 5.04. The lowest BCUT2D eigenvalue weighted by atomic mass is 10.1. The number of methoxy groups -OCH3 is 1. The number of unbranched alkanes of at least 4 members (excludes halogenated alkanes) is 1. The van der Waals surface area contributed by atoms with Crippen molar-refractivity contribution >= 4 is 28.2 Å². The minimum absolute atomic E-state index is 0.185. The van der Waals surface area contributed by atoms with E-state index in [0.29, 0.717) is 43.2 Å². The summed E-state index contributed by atoms with van der Waals surface area (Å²) in [6.45, 7) is 2.66. The maximum absolute atomic E-state index is 11.5. The average Bonchev–Trinajstić information content (AvgIpc) is 2.82. The lowest BCUT2D eigenvalue weighted by Crippen LogP contribution is -2.11. The van der Waals surface area contributed by atoms with E-state index in [-0.39, 0.29) is 5.97 Å². The summed E-state index contributed by atoms with van der Waals surface area (Å²) >= 11 is 0. The van der Waals surface area contributed by atoms with Crippen LogP contribution < -0.4 is 14.4 Å². The Morgan fingerprint density at radius 2 is 1.94 bits per heavy atom. The molecule has 2 aromatic carbocycles. The lowest BCUT2D eigenvalue weighted by Gasteiger charge is -2.23. The van der Waals surface area contributed by atoms with Crippen molar-refractivity contribution in [1.82, 2.24) is 4.98 Å². The molecule has 0 bridgehead atoms. The van der Waals surface area contributed by atoms with E-state index in [4.69, 9.17) is 14.2 Å². The van der Waals surface area contributed by atoms with Crippen LogP contribution in [0, 0.1) is 11.3 Å². The Morgan fingerprint density at radius 1 is 1.12 bits per heavy atom. The zero-order valence-electron chi connectivity index (χ0n) is 18.6. The molecule has 0 spiro atoms. The number of esters is 1. The number of aromatic nitrogens is 1. The van der Waals surface area contributed by atoms with Gasteiger partial charge in [-0.25, -0.2) is 4.98 Å². The molecular weight excluding hydrogens is 406 g/mol. The van der Waals surface area contributed by atoms with Gasteiger partial charge < -0.3 is 19.1 Å². The Hall–Kier alpha value is -3.79.